The van der Waals surface area contributed by atoms with Crippen LogP contribution >= 0.6 is 0 Å². The lowest BCUT2D eigenvalue weighted by atomic mass is 10.1. The molecule has 1 unspecified atom stereocenters. The zero-order chi connectivity index (χ0) is 15.5. The van der Waals surface area contributed by atoms with Gasteiger partial charge in [0.1, 0.15) is 18.3 Å². The Bertz CT molecular complexity index is 694. The van der Waals surface area contributed by atoms with Crippen molar-refractivity contribution in [2.24, 2.45) is 0 Å². The summed E-state index contributed by atoms with van der Waals surface area (Å²) in [6.07, 6.45) is 3.51. The topological polar surface area (TPSA) is 115 Å². The van der Waals surface area contributed by atoms with E-state index < -0.39 is 4.92 Å². The van der Waals surface area contributed by atoms with Gasteiger partial charge >= 0.3 is 0 Å². The number of aromatic nitrogens is 3. The molecule has 1 aliphatic rings. The van der Waals surface area contributed by atoms with Crippen LogP contribution in [0.25, 0.3) is 5.69 Å². The summed E-state index contributed by atoms with van der Waals surface area (Å²) in [5, 5.41) is 21.1. The number of nitro groups is 1. The van der Waals surface area contributed by atoms with E-state index in [0.29, 0.717) is 6.54 Å². The minimum Gasteiger partial charge on any atom is -0.348 e. The zero-order valence-corrected chi connectivity index (χ0v) is 11.6. The third-order valence-corrected chi connectivity index (χ3v) is 3.50. The molecule has 1 aliphatic heterocycles. The van der Waals surface area contributed by atoms with Gasteiger partial charge in [-0.15, -0.1) is 0 Å². The predicted molar refractivity (Wildman–Crippen MR) is 76.8 cm³/mol. The largest absolute Gasteiger partial charge is 0.348 e. The maximum atomic E-state index is 12.2. The third kappa shape index (κ3) is 2.79. The van der Waals surface area contributed by atoms with Crippen LogP contribution in [0.1, 0.15) is 16.8 Å². The van der Waals surface area contributed by atoms with E-state index in [-0.39, 0.29) is 28.9 Å². The van der Waals surface area contributed by atoms with Crippen molar-refractivity contribution in [2.75, 3.05) is 13.1 Å². The summed E-state index contributed by atoms with van der Waals surface area (Å²) >= 11 is 0. The first-order valence-corrected chi connectivity index (χ1v) is 6.80. The number of nitrogens with zero attached hydrogens (tertiary/aromatic N) is 4. The molecule has 0 saturated carbocycles. The average molecular weight is 302 g/mol. The summed E-state index contributed by atoms with van der Waals surface area (Å²) < 4.78 is 1.29. The summed E-state index contributed by atoms with van der Waals surface area (Å²) in [7, 11) is 0. The van der Waals surface area contributed by atoms with Crippen LogP contribution in [0.3, 0.4) is 0 Å². The van der Waals surface area contributed by atoms with Gasteiger partial charge in [0.25, 0.3) is 11.6 Å². The highest BCUT2D eigenvalue weighted by molar-refractivity contribution is 5.95. The lowest BCUT2D eigenvalue weighted by Gasteiger charge is -2.11. The van der Waals surface area contributed by atoms with Gasteiger partial charge in [-0.2, -0.15) is 5.10 Å². The lowest BCUT2D eigenvalue weighted by Crippen LogP contribution is -2.36. The average Bonchev–Trinajstić information content (AvgIpc) is 3.19. The Hall–Kier alpha value is -2.81. The molecule has 0 bridgehead atoms. The van der Waals surface area contributed by atoms with Crippen molar-refractivity contribution < 1.29 is 9.72 Å². The molecule has 0 spiro atoms. The Kier molecular flexibility index (Phi) is 3.79. The van der Waals surface area contributed by atoms with Crippen LogP contribution in [0.2, 0.25) is 0 Å². The Morgan fingerprint density at radius 1 is 1.50 bits per heavy atom. The predicted octanol–water partition coefficient (Wildman–Crippen LogP) is 0.267. The van der Waals surface area contributed by atoms with Crippen molar-refractivity contribution in [3.63, 3.8) is 0 Å². The van der Waals surface area contributed by atoms with Crippen molar-refractivity contribution in [3.8, 4) is 5.69 Å². The highest BCUT2D eigenvalue weighted by Gasteiger charge is 2.22. The Balaban J connectivity index is 1.88. The van der Waals surface area contributed by atoms with Gasteiger partial charge in [0.05, 0.1) is 4.92 Å². The minimum absolute atomic E-state index is 0.0570. The van der Waals surface area contributed by atoms with Crippen LogP contribution in [-0.2, 0) is 0 Å². The first-order chi connectivity index (χ1) is 10.6. The molecule has 2 N–H and O–H groups in total. The van der Waals surface area contributed by atoms with Crippen molar-refractivity contribution in [1.82, 2.24) is 25.4 Å². The van der Waals surface area contributed by atoms with E-state index in [9.17, 15) is 14.9 Å². The molecule has 1 aromatic heterocycles. The molecular formula is C13H14N6O3. The SMILES string of the molecule is O=C(NC1CCNC1)c1ccc(-n2cncn2)c([N+](=O)[O-])c1. The summed E-state index contributed by atoms with van der Waals surface area (Å²) in [6, 6.07) is 4.35. The second-order valence-electron chi connectivity index (χ2n) is 4.96. The van der Waals surface area contributed by atoms with Crippen LogP contribution in [-0.4, -0.2) is 44.7 Å². The fraction of sp³-hybridized carbons (Fsp3) is 0.308. The van der Waals surface area contributed by atoms with Crippen molar-refractivity contribution >= 4 is 11.6 Å². The minimum atomic E-state index is -0.537. The monoisotopic (exact) mass is 302 g/mol. The van der Waals surface area contributed by atoms with Gasteiger partial charge in [-0.25, -0.2) is 9.67 Å². The standard InChI is InChI=1S/C13H14N6O3/c20-13(17-10-3-4-14-6-10)9-1-2-11(12(5-9)19(21)22)18-8-15-7-16-18/h1-2,5,7-8,10,14H,3-4,6H2,(H,17,20). The molecular weight excluding hydrogens is 288 g/mol. The quantitative estimate of drug-likeness (QED) is 0.618. The van der Waals surface area contributed by atoms with Crippen LogP contribution in [0.4, 0.5) is 5.69 Å². The Morgan fingerprint density at radius 2 is 2.36 bits per heavy atom. The molecule has 0 radical (unpaired) electrons. The second kappa shape index (κ2) is 5.90. The van der Waals surface area contributed by atoms with Crippen LogP contribution < -0.4 is 10.6 Å². The number of nitrogens with one attached hydrogen (secondary N) is 2. The van der Waals surface area contributed by atoms with E-state index in [1.165, 1.54) is 29.5 Å². The fourth-order valence-electron chi connectivity index (χ4n) is 2.38. The van der Waals surface area contributed by atoms with Gasteiger partial charge in [0, 0.05) is 24.2 Å². The summed E-state index contributed by atoms with van der Waals surface area (Å²) in [4.78, 5) is 26.6. The maximum Gasteiger partial charge on any atom is 0.295 e. The van der Waals surface area contributed by atoms with Crippen LogP contribution in [0, 0.1) is 10.1 Å². The lowest BCUT2D eigenvalue weighted by molar-refractivity contribution is -0.384. The molecule has 1 atom stereocenters. The normalized spacial score (nSPS) is 17.4. The van der Waals surface area contributed by atoms with Gasteiger partial charge in [-0.1, -0.05) is 0 Å². The molecule has 114 valence electrons. The molecule has 9 heteroatoms. The van der Waals surface area contributed by atoms with Gasteiger partial charge in [0.2, 0.25) is 0 Å². The van der Waals surface area contributed by atoms with Crippen molar-refractivity contribution in [1.29, 1.82) is 0 Å². The molecule has 2 aromatic rings. The first kappa shape index (κ1) is 14.1. The van der Waals surface area contributed by atoms with Gasteiger partial charge < -0.3 is 10.6 Å². The molecule has 1 amide bonds. The van der Waals surface area contributed by atoms with Crippen LogP contribution in [0.15, 0.2) is 30.9 Å². The van der Waals surface area contributed by atoms with E-state index in [1.54, 1.807) is 6.07 Å². The smallest absolute Gasteiger partial charge is 0.295 e. The number of benzene rings is 1. The van der Waals surface area contributed by atoms with Gasteiger partial charge in [-0.05, 0) is 25.1 Å². The maximum absolute atomic E-state index is 12.2. The second-order valence-corrected chi connectivity index (χ2v) is 4.96. The molecule has 0 aliphatic carbocycles. The summed E-state index contributed by atoms with van der Waals surface area (Å²) in [5.41, 5.74) is 0.326. The molecule has 1 saturated heterocycles. The number of carbonyl (C=O) groups is 1. The Morgan fingerprint density at radius 3 is 3.00 bits per heavy atom. The number of carbonyl (C=O) groups excluding carboxylic acids is 1. The first-order valence-electron chi connectivity index (χ1n) is 6.80. The fourth-order valence-corrected chi connectivity index (χ4v) is 2.38. The van der Waals surface area contributed by atoms with Crippen molar-refractivity contribution in [3.05, 3.63) is 46.5 Å². The van der Waals surface area contributed by atoms with E-state index in [4.69, 9.17) is 0 Å². The number of amides is 1. The number of rotatable bonds is 4. The molecule has 1 aromatic carbocycles. The van der Waals surface area contributed by atoms with E-state index >= 15 is 0 Å². The van der Waals surface area contributed by atoms with E-state index in [0.717, 1.165) is 13.0 Å². The summed E-state index contributed by atoms with van der Waals surface area (Å²) in [6.45, 7) is 1.57. The molecule has 1 fully saturated rings. The summed E-state index contributed by atoms with van der Waals surface area (Å²) in [5.74, 6) is -0.318. The van der Waals surface area contributed by atoms with E-state index in [2.05, 4.69) is 20.7 Å². The van der Waals surface area contributed by atoms with Crippen molar-refractivity contribution in [2.45, 2.75) is 12.5 Å². The molecule has 2 heterocycles. The zero-order valence-electron chi connectivity index (χ0n) is 11.6. The number of hydrogen-bond acceptors (Lipinski definition) is 6. The van der Waals surface area contributed by atoms with Crippen LogP contribution in [0.5, 0.6) is 0 Å². The molecule has 3 rings (SSSR count). The van der Waals surface area contributed by atoms with Gasteiger partial charge in [-0.3, -0.25) is 14.9 Å². The Labute approximate surface area is 125 Å². The van der Waals surface area contributed by atoms with Gasteiger partial charge in [0.15, 0.2) is 0 Å². The third-order valence-electron chi connectivity index (χ3n) is 3.50. The molecule has 9 nitrogen and oxygen atoms in total. The van der Waals surface area contributed by atoms with E-state index in [1.807, 2.05) is 0 Å². The molecule has 22 heavy (non-hydrogen) atoms. The number of nitro benzene ring substituents is 1. The highest BCUT2D eigenvalue weighted by atomic mass is 16.6. The highest BCUT2D eigenvalue weighted by Crippen LogP contribution is 2.23. The number of hydrogen-bond donors (Lipinski definition) is 2.